The second-order valence-electron chi connectivity index (χ2n) is 5.57. The largest absolute Gasteiger partial charge is 0.358 e. The van der Waals surface area contributed by atoms with Crippen molar-refractivity contribution in [3.63, 3.8) is 0 Å². The zero-order valence-electron chi connectivity index (χ0n) is 12.6. The van der Waals surface area contributed by atoms with E-state index in [1.165, 1.54) is 6.34 Å². The van der Waals surface area contributed by atoms with E-state index in [9.17, 15) is 5.21 Å². The Bertz CT molecular complexity index is 911. The summed E-state index contributed by atoms with van der Waals surface area (Å²) in [6.07, 6.45) is 1.35. The van der Waals surface area contributed by atoms with Gasteiger partial charge in [0.15, 0.2) is 0 Å². The van der Waals surface area contributed by atoms with E-state index in [0.29, 0.717) is 0 Å². The molecule has 1 unspecified atom stereocenters. The Morgan fingerprint density at radius 1 is 1.04 bits per heavy atom. The van der Waals surface area contributed by atoms with Gasteiger partial charge in [0.25, 0.3) is 0 Å². The van der Waals surface area contributed by atoms with Crippen LogP contribution in [0.2, 0.25) is 0 Å². The highest BCUT2D eigenvalue weighted by atomic mass is 16.5. The van der Waals surface area contributed by atoms with Gasteiger partial charge in [-0.25, -0.2) is 5.06 Å². The topological polar surface area (TPSA) is 64.0 Å². The van der Waals surface area contributed by atoms with Crippen LogP contribution in [0.4, 0.5) is 0 Å². The van der Waals surface area contributed by atoms with Gasteiger partial charge in [-0.15, -0.1) is 5.10 Å². The Hall–Kier alpha value is -2.92. The van der Waals surface area contributed by atoms with Gasteiger partial charge in [-0.3, -0.25) is 5.21 Å². The third-order valence-corrected chi connectivity index (χ3v) is 4.15. The molecule has 2 aromatic carbocycles. The molecule has 5 nitrogen and oxygen atoms in total. The van der Waals surface area contributed by atoms with Crippen molar-refractivity contribution in [2.24, 2.45) is 10.2 Å². The zero-order chi connectivity index (χ0) is 15.8. The monoisotopic (exact) mass is 304 g/mol. The fourth-order valence-corrected chi connectivity index (χ4v) is 3.13. The smallest absolute Gasteiger partial charge is 0.139 e. The van der Waals surface area contributed by atoms with E-state index in [-0.39, 0.29) is 0 Å². The van der Waals surface area contributed by atoms with Crippen LogP contribution in [0.1, 0.15) is 22.9 Å². The van der Waals surface area contributed by atoms with Crippen molar-refractivity contribution in [2.75, 3.05) is 0 Å². The highest BCUT2D eigenvalue weighted by molar-refractivity contribution is 6.08. The summed E-state index contributed by atoms with van der Waals surface area (Å²) in [6.45, 7) is 2.01. The quantitative estimate of drug-likeness (QED) is 0.759. The third-order valence-electron chi connectivity index (χ3n) is 4.15. The minimum absolute atomic E-state index is 0.397. The number of aryl methyl sites for hydroxylation is 1. The molecule has 0 spiro atoms. The molecule has 1 aromatic heterocycles. The molecule has 0 amide bonds. The number of hydrogen-bond acceptors (Lipinski definition) is 4. The Kier molecular flexibility index (Phi) is 3.20. The van der Waals surface area contributed by atoms with Crippen LogP contribution in [0.3, 0.4) is 0 Å². The number of rotatable bonds is 2. The molecule has 4 rings (SSSR count). The number of H-pyrrole nitrogens is 1. The molecule has 5 heteroatoms. The maximum Gasteiger partial charge on any atom is 0.139 e. The van der Waals surface area contributed by atoms with Gasteiger partial charge in [0.1, 0.15) is 18.1 Å². The van der Waals surface area contributed by atoms with E-state index in [1.54, 1.807) is 0 Å². The maximum atomic E-state index is 10.4. The molecule has 0 aliphatic carbocycles. The fraction of sp³-hybridized carbons (Fsp3) is 0.111. The minimum Gasteiger partial charge on any atom is -0.358 e. The van der Waals surface area contributed by atoms with Crippen LogP contribution in [0.15, 0.2) is 64.8 Å². The summed E-state index contributed by atoms with van der Waals surface area (Å²) >= 11 is 0. The molecule has 0 fully saturated rings. The van der Waals surface area contributed by atoms with Gasteiger partial charge in [-0.2, -0.15) is 5.10 Å². The molecule has 1 atom stereocenters. The van der Waals surface area contributed by atoms with Crippen LogP contribution in [-0.4, -0.2) is 27.3 Å². The molecule has 0 bridgehead atoms. The first-order chi connectivity index (χ1) is 11.3. The molecule has 2 heterocycles. The van der Waals surface area contributed by atoms with E-state index in [2.05, 4.69) is 21.3 Å². The first-order valence-corrected chi connectivity index (χ1v) is 7.46. The van der Waals surface area contributed by atoms with Gasteiger partial charge in [-0.05, 0) is 13.0 Å². The fourth-order valence-electron chi connectivity index (χ4n) is 3.13. The summed E-state index contributed by atoms with van der Waals surface area (Å²) in [5.41, 5.74) is 4.73. The molecular weight excluding hydrogens is 288 g/mol. The lowest BCUT2D eigenvalue weighted by Gasteiger charge is -2.28. The van der Waals surface area contributed by atoms with Crippen molar-refractivity contribution < 1.29 is 5.21 Å². The predicted octanol–water partition coefficient (Wildman–Crippen LogP) is 3.65. The summed E-state index contributed by atoms with van der Waals surface area (Å²) in [7, 11) is 0. The van der Waals surface area contributed by atoms with Crippen molar-refractivity contribution >= 4 is 23.0 Å². The molecule has 1 aliphatic heterocycles. The number of aromatic amines is 1. The summed E-state index contributed by atoms with van der Waals surface area (Å²) in [6, 6.07) is 17.5. The van der Waals surface area contributed by atoms with Crippen molar-refractivity contribution in [2.45, 2.75) is 13.0 Å². The predicted molar refractivity (Wildman–Crippen MR) is 90.9 cm³/mol. The Morgan fingerprint density at radius 3 is 2.61 bits per heavy atom. The van der Waals surface area contributed by atoms with Crippen molar-refractivity contribution in [3.05, 3.63) is 71.4 Å². The average molecular weight is 304 g/mol. The second kappa shape index (κ2) is 5.37. The lowest BCUT2D eigenvalue weighted by Crippen LogP contribution is -2.33. The van der Waals surface area contributed by atoms with Crippen molar-refractivity contribution in [3.8, 4) is 0 Å². The van der Waals surface area contributed by atoms with Crippen molar-refractivity contribution in [1.29, 1.82) is 0 Å². The third kappa shape index (κ3) is 2.22. The number of benzene rings is 2. The SMILES string of the molecule is Cc1[nH]c2ccccc2c1C1C(c2ccccc2)=NN=CN1O. The number of nitrogens with zero attached hydrogens (tertiary/aromatic N) is 3. The lowest BCUT2D eigenvalue weighted by molar-refractivity contribution is -0.0288. The van der Waals surface area contributed by atoms with E-state index in [0.717, 1.165) is 38.5 Å². The highest BCUT2D eigenvalue weighted by Crippen LogP contribution is 2.34. The molecular formula is C18H16N4O. The van der Waals surface area contributed by atoms with Gasteiger partial charge in [0, 0.05) is 27.7 Å². The standard InChI is InChI=1S/C18H16N4O/c1-12-16(14-9-5-6-10-15(14)20-12)18-17(21-19-11-22(18)23)13-7-3-2-4-8-13/h2-11,18,20,23H,1H3. The number of aromatic nitrogens is 1. The van der Waals surface area contributed by atoms with E-state index < -0.39 is 6.04 Å². The number of para-hydroxylation sites is 1. The van der Waals surface area contributed by atoms with Crippen LogP contribution in [0.5, 0.6) is 0 Å². The first kappa shape index (κ1) is 13.7. The van der Waals surface area contributed by atoms with Gasteiger partial charge < -0.3 is 4.98 Å². The van der Waals surface area contributed by atoms with Crippen LogP contribution in [0, 0.1) is 6.92 Å². The normalized spacial score (nSPS) is 17.6. The van der Waals surface area contributed by atoms with Gasteiger partial charge in [0.05, 0.1) is 0 Å². The highest BCUT2D eigenvalue weighted by Gasteiger charge is 2.31. The number of fused-ring (bicyclic) bond motifs is 1. The summed E-state index contributed by atoms with van der Waals surface area (Å²) in [5.74, 6) is 0. The van der Waals surface area contributed by atoms with Gasteiger partial charge >= 0.3 is 0 Å². The van der Waals surface area contributed by atoms with Crippen LogP contribution >= 0.6 is 0 Å². The zero-order valence-corrected chi connectivity index (χ0v) is 12.6. The number of hydrogen-bond donors (Lipinski definition) is 2. The van der Waals surface area contributed by atoms with Crippen molar-refractivity contribution in [1.82, 2.24) is 10.0 Å². The molecule has 3 aromatic rings. The summed E-state index contributed by atoms with van der Waals surface area (Å²) < 4.78 is 0. The van der Waals surface area contributed by atoms with E-state index in [1.807, 2.05) is 55.5 Å². The minimum atomic E-state index is -0.397. The molecule has 0 saturated carbocycles. The Balaban J connectivity index is 1.92. The Morgan fingerprint density at radius 2 is 1.78 bits per heavy atom. The summed E-state index contributed by atoms with van der Waals surface area (Å²) in [4.78, 5) is 3.38. The Labute approximate surface area is 133 Å². The average Bonchev–Trinajstić information content (AvgIpc) is 2.91. The molecule has 0 radical (unpaired) electrons. The van der Waals surface area contributed by atoms with E-state index >= 15 is 0 Å². The van der Waals surface area contributed by atoms with Crippen LogP contribution in [0.25, 0.3) is 10.9 Å². The van der Waals surface area contributed by atoms with E-state index in [4.69, 9.17) is 0 Å². The van der Waals surface area contributed by atoms with Crippen LogP contribution < -0.4 is 0 Å². The van der Waals surface area contributed by atoms with Crippen LogP contribution in [-0.2, 0) is 0 Å². The molecule has 0 saturated heterocycles. The number of hydroxylamine groups is 2. The first-order valence-electron chi connectivity index (χ1n) is 7.46. The maximum absolute atomic E-state index is 10.4. The lowest BCUT2D eigenvalue weighted by atomic mass is 9.94. The van der Waals surface area contributed by atoms with Gasteiger partial charge in [-0.1, -0.05) is 48.5 Å². The molecule has 114 valence electrons. The molecule has 23 heavy (non-hydrogen) atoms. The number of nitrogens with one attached hydrogen (secondary N) is 1. The molecule has 1 aliphatic rings. The molecule has 2 N–H and O–H groups in total. The van der Waals surface area contributed by atoms with Gasteiger partial charge in [0.2, 0.25) is 0 Å². The summed E-state index contributed by atoms with van der Waals surface area (Å²) in [5, 5.41) is 20.9. The second-order valence-corrected chi connectivity index (χ2v) is 5.57.